The number of rotatable bonds is 2. The number of benzene rings is 2. The summed E-state index contributed by atoms with van der Waals surface area (Å²) in [7, 11) is 0. The van der Waals surface area contributed by atoms with E-state index in [2.05, 4.69) is 15.9 Å². The van der Waals surface area contributed by atoms with Gasteiger partial charge >= 0.3 is 0 Å². The zero-order valence-corrected chi connectivity index (χ0v) is 13.7. The van der Waals surface area contributed by atoms with E-state index in [1.165, 1.54) is 12.1 Å². The third kappa shape index (κ3) is 2.18. The summed E-state index contributed by atoms with van der Waals surface area (Å²) in [6, 6.07) is 10.2. The first-order valence-corrected chi connectivity index (χ1v) is 7.94. The van der Waals surface area contributed by atoms with E-state index in [0.717, 1.165) is 10.5 Å². The molecule has 2 amide bonds. The minimum Gasteiger partial charge on any atom is -0.268 e. The van der Waals surface area contributed by atoms with Gasteiger partial charge in [0, 0.05) is 5.33 Å². The van der Waals surface area contributed by atoms with Crippen molar-refractivity contribution in [3.63, 3.8) is 0 Å². The Hall–Kier alpha value is -1.36. The highest BCUT2D eigenvalue weighted by molar-refractivity contribution is 9.08. The molecule has 0 N–H and O–H groups in total. The molecule has 0 saturated carbocycles. The Bertz CT molecular complexity index is 735. The predicted molar refractivity (Wildman–Crippen MR) is 86.7 cm³/mol. The topological polar surface area (TPSA) is 37.4 Å². The fourth-order valence-electron chi connectivity index (χ4n) is 2.35. The summed E-state index contributed by atoms with van der Waals surface area (Å²) in [6.07, 6.45) is 0. The van der Waals surface area contributed by atoms with Gasteiger partial charge in [-0.3, -0.25) is 9.59 Å². The zero-order chi connectivity index (χ0) is 15.1. The number of fused-ring (bicyclic) bond motifs is 1. The monoisotopic (exact) mass is 383 g/mol. The number of imide groups is 1. The van der Waals surface area contributed by atoms with Crippen LogP contribution in [0.2, 0.25) is 10.0 Å². The fraction of sp³-hybridized carbons (Fsp3) is 0.0667. The molecular weight excluding hydrogens is 377 g/mol. The van der Waals surface area contributed by atoms with Gasteiger partial charge in [-0.1, -0.05) is 57.3 Å². The largest absolute Gasteiger partial charge is 0.268 e. The van der Waals surface area contributed by atoms with E-state index in [9.17, 15) is 9.59 Å². The second-order valence-corrected chi connectivity index (χ2v) is 5.86. The van der Waals surface area contributed by atoms with Crippen LogP contribution < -0.4 is 4.90 Å². The molecule has 0 unspecified atom stereocenters. The van der Waals surface area contributed by atoms with Crippen molar-refractivity contribution in [1.82, 2.24) is 0 Å². The lowest BCUT2D eigenvalue weighted by molar-refractivity contribution is 0.0926. The molecule has 1 heterocycles. The first-order chi connectivity index (χ1) is 10.1. The molecule has 0 aromatic heterocycles. The van der Waals surface area contributed by atoms with Crippen molar-refractivity contribution in [2.24, 2.45) is 0 Å². The second kappa shape index (κ2) is 5.44. The van der Waals surface area contributed by atoms with Gasteiger partial charge in [-0.15, -0.1) is 0 Å². The van der Waals surface area contributed by atoms with Crippen LogP contribution in [0.4, 0.5) is 5.69 Å². The molecular formula is C15H8BrCl2NO2. The number of carbonyl (C=O) groups excluding carboxylic acids is 2. The minimum absolute atomic E-state index is 0.165. The van der Waals surface area contributed by atoms with Gasteiger partial charge in [0.05, 0.1) is 26.9 Å². The summed E-state index contributed by atoms with van der Waals surface area (Å²) in [5.74, 6) is -0.896. The molecule has 3 rings (SSSR count). The number of alkyl halides is 1. The lowest BCUT2D eigenvalue weighted by Gasteiger charge is -2.17. The van der Waals surface area contributed by atoms with Gasteiger partial charge in [-0.25, -0.2) is 4.90 Å². The van der Waals surface area contributed by atoms with Gasteiger partial charge in [-0.05, 0) is 23.8 Å². The summed E-state index contributed by atoms with van der Waals surface area (Å²) in [6.45, 7) is 0. The number of hydrogen-bond donors (Lipinski definition) is 0. The average Bonchev–Trinajstić information content (AvgIpc) is 2.75. The molecule has 0 bridgehead atoms. The summed E-state index contributed by atoms with van der Waals surface area (Å²) in [4.78, 5) is 26.3. The number of nitrogens with zero attached hydrogens (tertiary/aromatic N) is 1. The quantitative estimate of drug-likeness (QED) is 0.556. The first kappa shape index (κ1) is 14.6. The van der Waals surface area contributed by atoms with E-state index in [1.807, 2.05) is 12.1 Å². The highest BCUT2D eigenvalue weighted by atomic mass is 79.9. The molecule has 0 radical (unpaired) electrons. The molecule has 0 saturated heterocycles. The number of para-hydroxylation sites is 1. The van der Waals surface area contributed by atoms with Crippen molar-refractivity contribution in [1.29, 1.82) is 0 Å². The number of halogens is 3. The minimum atomic E-state index is -0.448. The molecule has 106 valence electrons. The molecule has 3 nitrogen and oxygen atoms in total. The number of carbonyl (C=O) groups is 2. The number of amides is 2. The van der Waals surface area contributed by atoms with Crippen LogP contribution in [0.15, 0.2) is 36.4 Å². The summed E-state index contributed by atoms with van der Waals surface area (Å²) in [5.41, 5.74) is 1.70. The third-order valence-electron chi connectivity index (χ3n) is 3.31. The molecule has 6 heteroatoms. The number of anilines is 1. The Morgan fingerprint density at radius 1 is 0.905 bits per heavy atom. The second-order valence-electron chi connectivity index (χ2n) is 4.49. The zero-order valence-electron chi connectivity index (χ0n) is 10.6. The van der Waals surface area contributed by atoms with Crippen molar-refractivity contribution in [3.8, 4) is 0 Å². The SMILES string of the molecule is O=C1c2c(Cl)ccc(Cl)c2C(=O)N1c1ccccc1CBr. The molecule has 0 fully saturated rings. The normalized spacial score (nSPS) is 13.8. The molecule has 2 aromatic rings. The van der Waals surface area contributed by atoms with Gasteiger partial charge in [0.2, 0.25) is 0 Å². The highest BCUT2D eigenvalue weighted by Gasteiger charge is 2.40. The fourth-order valence-corrected chi connectivity index (χ4v) is 3.30. The van der Waals surface area contributed by atoms with E-state index < -0.39 is 11.8 Å². The molecule has 2 aromatic carbocycles. The van der Waals surface area contributed by atoms with Crippen LogP contribution >= 0.6 is 39.1 Å². The summed E-state index contributed by atoms with van der Waals surface area (Å²) in [5, 5.41) is 0.982. The number of hydrogen-bond acceptors (Lipinski definition) is 2. The standard InChI is InChI=1S/C15H8BrCl2NO2/c16-7-8-3-1-2-4-11(8)19-14(20)12-9(17)5-6-10(18)13(12)15(19)21/h1-6H,7H2. The molecule has 21 heavy (non-hydrogen) atoms. The Labute approximate surface area is 139 Å². The first-order valence-electron chi connectivity index (χ1n) is 6.07. The van der Waals surface area contributed by atoms with Crippen molar-refractivity contribution in [3.05, 3.63) is 63.1 Å². The van der Waals surface area contributed by atoms with Gasteiger partial charge < -0.3 is 0 Å². The van der Waals surface area contributed by atoms with Gasteiger partial charge in [0.25, 0.3) is 11.8 Å². The van der Waals surface area contributed by atoms with Crippen molar-refractivity contribution >= 4 is 56.6 Å². The Balaban J connectivity index is 2.21. The van der Waals surface area contributed by atoms with Crippen LogP contribution in [0, 0.1) is 0 Å². The van der Waals surface area contributed by atoms with E-state index in [0.29, 0.717) is 11.0 Å². The maximum atomic E-state index is 12.6. The van der Waals surface area contributed by atoms with Gasteiger partial charge in [0.15, 0.2) is 0 Å². The van der Waals surface area contributed by atoms with Crippen molar-refractivity contribution in [2.75, 3.05) is 4.90 Å². The van der Waals surface area contributed by atoms with E-state index in [4.69, 9.17) is 23.2 Å². The molecule has 0 spiro atoms. The van der Waals surface area contributed by atoms with Crippen LogP contribution in [-0.2, 0) is 5.33 Å². The highest BCUT2D eigenvalue weighted by Crippen LogP contribution is 2.37. The molecule has 0 atom stereocenters. The Kier molecular flexibility index (Phi) is 3.78. The van der Waals surface area contributed by atoms with Crippen molar-refractivity contribution < 1.29 is 9.59 Å². The molecule has 0 aliphatic carbocycles. The third-order valence-corrected chi connectivity index (χ3v) is 4.55. The van der Waals surface area contributed by atoms with E-state index in [-0.39, 0.29) is 21.2 Å². The van der Waals surface area contributed by atoms with E-state index in [1.54, 1.807) is 12.1 Å². The van der Waals surface area contributed by atoms with E-state index >= 15 is 0 Å². The Morgan fingerprint density at radius 3 is 1.95 bits per heavy atom. The molecule has 1 aliphatic heterocycles. The smallest absolute Gasteiger partial charge is 0.267 e. The predicted octanol–water partition coefficient (Wildman–Crippen LogP) is 4.69. The average molecular weight is 385 g/mol. The Morgan fingerprint density at radius 2 is 1.43 bits per heavy atom. The summed E-state index contributed by atoms with van der Waals surface area (Å²) < 4.78 is 0. The van der Waals surface area contributed by atoms with Gasteiger partial charge in [0.1, 0.15) is 0 Å². The van der Waals surface area contributed by atoms with Crippen LogP contribution in [0.3, 0.4) is 0 Å². The maximum absolute atomic E-state index is 12.6. The van der Waals surface area contributed by atoms with Crippen LogP contribution in [-0.4, -0.2) is 11.8 Å². The van der Waals surface area contributed by atoms with Crippen LogP contribution in [0.25, 0.3) is 0 Å². The van der Waals surface area contributed by atoms with Crippen molar-refractivity contribution in [2.45, 2.75) is 5.33 Å². The molecule has 1 aliphatic rings. The van der Waals surface area contributed by atoms with Crippen LogP contribution in [0.1, 0.15) is 26.3 Å². The van der Waals surface area contributed by atoms with Crippen LogP contribution in [0.5, 0.6) is 0 Å². The maximum Gasteiger partial charge on any atom is 0.267 e. The van der Waals surface area contributed by atoms with Gasteiger partial charge in [-0.2, -0.15) is 0 Å². The lowest BCUT2D eigenvalue weighted by atomic mass is 10.1. The lowest BCUT2D eigenvalue weighted by Crippen LogP contribution is -2.30. The summed E-state index contributed by atoms with van der Waals surface area (Å²) >= 11 is 15.5.